The van der Waals surface area contributed by atoms with Crippen molar-refractivity contribution >= 4 is 40.0 Å². The number of Topliss-reactive ketones (excluding diaryl/α,β-unsaturated/α-hetero) is 1. The minimum absolute atomic E-state index is 0.0774. The minimum Gasteiger partial charge on any atom is -0.322 e. The Balaban J connectivity index is 1.72. The van der Waals surface area contributed by atoms with E-state index in [-0.39, 0.29) is 16.4 Å². The van der Waals surface area contributed by atoms with Crippen LogP contribution in [0.25, 0.3) is 16.7 Å². The molecular formula is C23H19ClN4O2. The maximum atomic E-state index is 12.8. The number of fused-ring (bicyclic) bond motifs is 1. The van der Waals surface area contributed by atoms with Crippen LogP contribution >= 0.6 is 11.6 Å². The molecule has 2 aromatic heterocycles. The number of aromatic nitrogens is 3. The lowest BCUT2D eigenvalue weighted by Crippen LogP contribution is -2.13. The molecule has 1 N–H and O–H groups in total. The Hall–Kier alpha value is -3.51. The highest BCUT2D eigenvalue weighted by molar-refractivity contribution is 6.39. The SMILES string of the molecule is CC(=O)c1cccc(NC(=O)c2cnc3c(c(C)nn3-c3ccc(C)cc3)c2Cl)c1. The van der Waals surface area contributed by atoms with Crippen molar-refractivity contribution in [2.45, 2.75) is 20.8 Å². The van der Waals surface area contributed by atoms with Crippen molar-refractivity contribution in [3.63, 3.8) is 0 Å². The Kier molecular flexibility index (Phi) is 5.10. The topological polar surface area (TPSA) is 76.9 Å². The van der Waals surface area contributed by atoms with Crippen LogP contribution in [0.4, 0.5) is 5.69 Å². The molecule has 1 amide bonds. The maximum absolute atomic E-state index is 12.8. The van der Waals surface area contributed by atoms with Crippen molar-refractivity contribution in [1.82, 2.24) is 14.8 Å². The number of rotatable bonds is 4. The molecule has 0 fully saturated rings. The summed E-state index contributed by atoms with van der Waals surface area (Å²) in [6.07, 6.45) is 1.45. The molecular weight excluding hydrogens is 400 g/mol. The number of hydrogen-bond donors (Lipinski definition) is 1. The number of aryl methyl sites for hydroxylation is 2. The van der Waals surface area contributed by atoms with Crippen LogP contribution in [0, 0.1) is 13.8 Å². The van der Waals surface area contributed by atoms with Crippen molar-refractivity contribution in [2.24, 2.45) is 0 Å². The van der Waals surface area contributed by atoms with Crippen LogP contribution in [-0.4, -0.2) is 26.5 Å². The van der Waals surface area contributed by atoms with E-state index >= 15 is 0 Å². The molecule has 0 spiro atoms. The smallest absolute Gasteiger partial charge is 0.258 e. The zero-order valence-corrected chi connectivity index (χ0v) is 17.5. The van der Waals surface area contributed by atoms with E-state index < -0.39 is 5.91 Å². The normalized spacial score (nSPS) is 10.9. The van der Waals surface area contributed by atoms with E-state index in [0.717, 1.165) is 11.3 Å². The Morgan fingerprint density at radius 1 is 1.07 bits per heavy atom. The van der Waals surface area contributed by atoms with Gasteiger partial charge in [-0.25, -0.2) is 9.67 Å². The van der Waals surface area contributed by atoms with Crippen molar-refractivity contribution in [1.29, 1.82) is 0 Å². The highest BCUT2D eigenvalue weighted by atomic mass is 35.5. The molecule has 0 aliphatic carbocycles. The van der Waals surface area contributed by atoms with E-state index in [1.165, 1.54) is 13.1 Å². The number of ketones is 1. The van der Waals surface area contributed by atoms with Gasteiger partial charge in [0.05, 0.1) is 27.4 Å². The summed E-state index contributed by atoms with van der Waals surface area (Å²) in [6, 6.07) is 14.7. The van der Waals surface area contributed by atoms with Crippen LogP contribution in [0.3, 0.4) is 0 Å². The summed E-state index contributed by atoms with van der Waals surface area (Å²) in [6.45, 7) is 5.32. The summed E-state index contributed by atoms with van der Waals surface area (Å²) in [7, 11) is 0. The second-order valence-electron chi connectivity index (χ2n) is 7.11. The lowest BCUT2D eigenvalue weighted by atomic mass is 10.1. The number of carbonyl (C=O) groups excluding carboxylic acids is 2. The summed E-state index contributed by atoms with van der Waals surface area (Å²) in [4.78, 5) is 28.9. The second kappa shape index (κ2) is 7.72. The van der Waals surface area contributed by atoms with E-state index in [2.05, 4.69) is 15.4 Å². The molecule has 0 saturated carbocycles. The van der Waals surface area contributed by atoms with Crippen LogP contribution in [0.2, 0.25) is 5.02 Å². The standard InChI is InChI=1S/C23H19ClN4O2/c1-13-7-9-18(10-8-13)28-22-20(14(2)27-28)21(24)19(12-25-22)23(30)26-17-6-4-5-16(11-17)15(3)29/h4-12H,1-3H3,(H,26,30). The van der Waals surface area contributed by atoms with Gasteiger partial charge in [-0.2, -0.15) is 5.10 Å². The molecule has 2 heterocycles. The van der Waals surface area contributed by atoms with Gasteiger partial charge in [-0.05, 0) is 45.0 Å². The molecule has 150 valence electrons. The number of pyridine rings is 1. The van der Waals surface area contributed by atoms with E-state index in [1.54, 1.807) is 28.9 Å². The summed E-state index contributed by atoms with van der Waals surface area (Å²) in [5.74, 6) is -0.482. The highest BCUT2D eigenvalue weighted by Crippen LogP contribution is 2.30. The fraction of sp³-hybridized carbons (Fsp3) is 0.130. The lowest BCUT2D eigenvalue weighted by molar-refractivity contribution is 0.101. The third-order valence-corrected chi connectivity index (χ3v) is 5.25. The molecule has 0 radical (unpaired) electrons. The Morgan fingerprint density at radius 2 is 1.80 bits per heavy atom. The Bertz CT molecular complexity index is 1290. The van der Waals surface area contributed by atoms with Gasteiger partial charge in [0.1, 0.15) is 0 Å². The predicted molar refractivity (Wildman–Crippen MR) is 118 cm³/mol. The lowest BCUT2D eigenvalue weighted by Gasteiger charge is -2.09. The third-order valence-electron chi connectivity index (χ3n) is 4.86. The van der Waals surface area contributed by atoms with Crippen LogP contribution in [0.15, 0.2) is 54.7 Å². The molecule has 4 rings (SSSR count). The number of benzene rings is 2. The quantitative estimate of drug-likeness (QED) is 0.465. The monoisotopic (exact) mass is 418 g/mol. The molecule has 0 bridgehead atoms. The summed E-state index contributed by atoms with van der Waals surface area (Å²) >= 11 is 6.61. The van der Waals surface area contributed by atoms with E-state index in [4.69, 9.17) is 11.6 Å². The van der Waals surface area contributed by atoms with Gasteiger partial charge in [-0.1, -0.05) is 41.4 Å². The number of nitrogens with one attached hydrogen (secondary N) is 1. The first-order chi connectivity index (χ1) is 14.3. The van der Waals surface area contributed by atoms with E-state index in [0.29, 0.717) is 28.0 Å². The molecule has 4 aromatic rings. The summed E-state index contributed by atoms with van der Waals surface area (Å²) in [5.41, 5.74) is 4.53. The van der Waals surface area contributed by atoms with Gasteiger partial charge in [0.25, 0.3) is 5.91 Å². The molecule has 30 heavy (non-hydrogen) atoms. The summed E-state index contributed by atoms with van der Waals surface area (Å²) in [5, 5.41) is 8.26. The van der Waals surface area contributed by atoms with Gasteiger partial charge in [0, 0.05) is 17.4 Å². The number of halogens is 1. The largest absolute Gasteiger partial charge is 0.322 e. The van der Waals surface area contributed by atoms with Crippen molar-refractivity contribution < 1.29 is 9.59 Å². The average molecular weight is 419 g/mol. The van der Waals surface area contributed by atoms with E-state index in [9.17, 15) is 9.59 Å². The van der Waals surface area contributed by atoms with Gasteiger partial charge < -0.3 is 5.32 Å². The van der Waals surface area contributed by atoms with E-state index in [1.807, 2.05) is 38.1 Å². The first-order valence-electron chi connectivity index (χ1n) is 9.38. The number of hydrogen-bond acceptors (Lipinski definition) is 4. The molecule has 0 saturated heterocycles. The zero-order valence-electron chi connectivity index (χ0n) is 16.7. The Labute approximate surface area is 178 Å². The number of nitrogens with zero attached hydrogens (tertiary/aromatic N) is 3. The van der Waals surface area contributed by atoms with Crippen molar-refractivity contribution in [2.75, 3.05) is 5.32 Å². The van der Waals surface area contributed by atoms with Gasteiger partial charge >= 0.3 is 0 Å². The van der Waals surface area contributed by atoms with Gasteiger partial charge in [-0.15, -0.1) is 0 Å². The number of carbonyl (C=O) groups is 2. The number of amides is 1. The van der Waals surface area contributed by atoms with Crippen LogP contribution in [0.1, 0.15) is 38.9 Å². The summed E-state index contributed by atoms with van der Waals surface area (Å²) < 4.78 is 1.72. The highest BCUT2D eigenvalue weighted by Gasteiger charge is 2.20. The molecule has 0 atom stereocenters. The Morgan fingerprint density at radius 3 is 2.50 bits per heavy atom. The second-order valence-corrected chi connectivity index (χ2v) is 7.49. The van der Waals surface area contributed by atoms with Crippen LogP contribution in [0.5, 0.6) is 0 Å². The average Bonchev–Trinajstić information content (AvgIpc) is 3.06. The fourth-order valence-corrected chi connectivity index (χ4v) is 3.60. The van der Waals surface area contributed by atoms with Crippen molar-refractivity contribution in [3.05, 3.63) is 82.1 Å². The molecule has 2 aromatic carbocycles. The molecule has 6 nitrogen and oxygen atoms in total. The van der Waals surface area contributed by atoms with Gasteiger partial charge in [-0.3, -0.25) is 9.59 Å². The van der Waals surface area contributed by atoms with Crippen LogP contribution < -0.4 is 5.32 Å². The third kappa shape index (κ3) is 3.57. The first-order valence-corrected chi connectivity index (χ1v) is 9.76. The molecule has 7 heteroatoms. The van der Waals surface area contributed by atoms with Crippen molar-refractivity contribution in [3.8, 4) is 5.69 Å². The maximum Gasteiger partial charge on any atom is 0.258 e. The first kappa shape index (κ1) is 19.8. The van der Waals surface area contributed by atoms with Crippen LogP contribution in [-0.2, 0) is 0 Å². The minimum atomic E-state index is -0.405. The zero-order chi connectivity index (χ0) is 21.4. The fourth-order valence-electron chi connectivity index (χ4n) is 3.25. The number of anilines is 1. The predicted octanol–water partition coefficient (Wildman–Crippen LogP) is 5.15. The van der Waals surface area contributed by atoms with Gasteiger partial charge in [0.15, 0.2) is 11.4 Å². The molecule has 0 aliphatic rings. The van der Waals surface area contributed by atoms with Gasteiger partial charge in [0.2, 0.25) is 0 Å². The molecule has 0 unspecified atom stereocenters. The molecule has 0 aliphatic heterocycles.